The van der Waals surface area contributed by atoms with Gasteiger partial charge < -0.3 is 19.7 Å². The maximum Gasteiger partial charge on any atom is 0.412 e. The molecule has 0 radical (unpaired) electrons. The quantitative estimate of drug-likeness (QED) is 0.584. The lowest BCUT2D eigenvalue weighted by atomic mass is 10.1. The van der Waals surface area contributed by atoms with Gasteiger partial charge >= 0.3 is 12.1 Å². The molecule has 0 aromatic heterocycles. The van der Waals surface area contributed by atoms with Crippen molar-refractivity contribution in [3.05, 3.63) is 72.3 Å². The van der Waals surface area contributed by atoms with Crippen LogP contribution < -0.4 is 10.1 Å². The predicted octanol–water partition coefficient (Wildman–Crippen LogP) is 3.38. The van der Waals surface area contributed by atoms with E-state index in [4.69, 9.17) is 19.7 Å². The molecule has 1 amide bonds. The number of rotatable bonds is 9. The average molecular weight is 371 g/mol. The normalized spacial score (nSPS) is 11.7. The van der Waals surface area contributed by atoms with Gasteiger partial charge in [0, 0.05) is 18.2 Å². The third kappa shape index (κ3) is 7.21. The van der Waals surface area contributed by atoms with Crippen molar-refractivity contribution in [2.45, 2.75) is 12.5 Å². The second-order valence-electron chi connectivity index (χ2n) is 5.51. The van der Waals surface area contributed by atoms with Crippen LogP contribution in [0.5, 0.6) is 5.75 Å². The highest BCUT2D eigenvalue weighted by molar-refractivity contribution is 5.84. The molecule has 0 saturated heterocycles. The molecule has 142 valence electrons. The lowest BCUT2D eigenvalue weighted by molar-refractivity contribution is -0.131. The fourth-order valence-electron chi connectivity index (χ4n) is 2.31. The van der Waals surface area contributed by atoms with Crippen LogP contribution in [-0.2, 0) is 9.53 Å². The first-order chi connectivity index (χ1) is 13.1. The molecular weight excluding hydrogens is 350 g/mol. The molecule has 7 nitrogen and oxygen atoms in total. The largest absolute Gasteiger partial charge is 0.491 e. The van der Waals surface area contributed by atoms with Crippen molar-refractivity contribution < 1.29 is 29.3 Å². The summed E-state index contributed by atoms with van der Waals surface area (Å²) in [5, 5.41) is 20.3. The lowest BCUT2D eigenvalue weighted by Gasteiger charge is -2.18. The summed E-state index contributed by atoms with van der Waals surface area (Å²) in [5.41, 5.74) is 1.23. The third-order valence-corrected chi connectivity index (χ3v) is 3.47. The molecule has 0 saturated carbocycles. The number of aliphatic hydroxyl groups excluding tert-OH is 1. The summed E-state index contributed by atoms with van der Waals surface area (Å²) in [6, 6.07) is 15.7. The number of benzene rings is 2. The van der Waals surface area contributed by atoms with Crippen LogP contribution in [0.2, 0.25) is 0 Å². The van der Waals surface area contributed by atoms with E-state index in [0.29, 0.717) is 17.0 Å². The summed E-state index contributed by atoms with van der Waals surface area (Å²) >= 11 is 0. The van der Waals surface area contributed by atoms with Crippen molar-refractivity contribution >= 4 is 17.7 Å². The smallest absolute Gasteiger partial charge is 0.412 e. The number of anilines is 1. The number of para-hydroxylation sites is 1. The van der Waals surface area contributed by atoms with Gasteiger partial charge in [-0.2, -0.15) is 0 Å². The second-order valence-corrected chi connectivity index (χ2v) is 5.51. The number of nitrogens with one attached hydrogen (secondary N) is 1. The molecule has 1 atom stereocenters. The predicted molar refractivity (Wildman–Crippen MR) is 99.7 cm³/mol. The SMILES string of the molecule is O=C(O)/C=C/C[C@@H](OC(=O)Nc1ccccc1)c1cccc(OCCO)c1. The van der Waals surface area contributed by atoms with Crippen LogP contribution >= 0.6 is 0 Å². The molecule has 3 N–H and O–H groups in total. The van der Waals surface area contributed by atoms with E-state index < -0.39 is 18.2 Å². The summed E-state index contributed by atoms with van der Waals surface area (Å²) in [7, 11) is 0. The highest BCUT2D eigenvalue weighted by atomic mass is 16.6. The Labute approximate surface area is 156 Å². The molecule has 0 heterocycles. The van der Waals surface area contributed by atoms with Gasteiger partial charge in [0.2, 0.25) is 0 Å². The first-order valence-electron chi connectivity index (χ1n) is 8.34. The van der Waals surface area contributed by atoms with Crippen LogP contribution in [0.4, 0.5) is 10.5 Å². The Morgan fingerprint density at radius 3 is 2.59 bits per heavy atom. The maximum atomic E-state index is 12.2. The number of carboxylic acids is 1. The summed E-state index contributed by atoms with van der Waals surface area (Å²) in [4.78, 5) is 22.9. The molecule has 0 bridgehead atoms. The van der Waals surface area contributed by atoms with E-state index in [9.17, 15) is 9.59 Å². The van der Waals surface area contributed by atoms with Crippen molar-refractivity contribution in [1.29, 1.82) is 0 Å². The minimum Gasteiger partial charge on any atom is -0.491 e. The number of ether oxygens (including phenoxy) is 2. The van der Waals surface area contributed by atoms with E-state index in [1.807, 2.05) is 6.07 Å². The van der Waals surface area contributed by atoms with Crippen LogP contribution in [0.15, 0.2) is 66.7 Å². The van der Waals surface area contributed by atoms with Crippen molar-refractivity contribution in [3.63, 3.8) is 0 Å². The number of amides is 1. The van der Waals surface area contributed by atoms with Gasteiger partial charge in [-0.3, -0.25) is 5.32 Å². The minimum absolute atomic E-state index is 0.120. The van der Waals surface area contributed by atoms with Crippen molar-refractivity contribution in [2.24, 2.45) is 0 Å². The Bertz CT molecular complexity index is 775. The second kappa shape index (κ2) is 10.6. The monoisotopic (exact) mass is 371 g/mol. The molecule has 7 heteroatoms. The Morgan fingerprint density at radius 1 is 1.11 bits per heavy atom. The molecule has 0 aliphatic carbocycles. The summed E-state index contributed by atoms with van der Waals surface area (Å²) in [6.07, 6.45) is 1.23. The maximum absolute atomic E-state index is 12.2. The van der Waals surface area contributed by atoms with E-state index in [0.717, 1.165) is 6.08 Å². The molecule has 2 rings (SSSR count). The van der Waals surface area contributed by atoms with Gasteiger partial charge in [-0.25, -0.2) is 9.59 Å². The van der Waals surface area contributed by atoms with E-state index in [-0.39, 0.29) is 19.6 Å². The zero-order chi connectivity index (χ0) is 19.5. The fourth-order valence-corrected chi connectivity index (χ4v) is 2.31. The minimum atomic E-state index is -1.08. The van der Waals surface area contributed by atoms with Crippen molar-refractivity contribution in [3.8, 4) is 5.75 Å². The van der Waals surface area contributed by atoms with Gasteiger partial charge in [-0.1, -0.05) is 36.4 Å². The molecule has 0 unspecified atom stereocenters. The molecular formula is C20H21NO6. The zero-order valence-corrected chi connectivity index (χ0v) is 14.6. The number of aliphatic carboxylic acids is 1. The zero-order valence-electron chi connectivity index (χ0n) is 14.6. The van der Waals surface area contributed by atoms with Crippen LogP contribution in [0.3, 0.4) is 0 Å². The third-order valence-electron chi connectivity index (χ3n) is 3.47. The van der Waals surface area contributed by atoms with Gasteiger partial charge in [-0.15, -0.1) is 0 Å². The molecule has 0 spiro atoms. The Hall–Kier alpha value is -3.32. The Balaban J connectivity index is 2.12. The van der Waals surface area contributed by atoms with E-state index >= 15 is 0 Å². The fraction of sp³-hybridized carbons (Fsp3) is 0.200. The van der Waals surface area contributed by atoms with Crippen molar-refractivity contribution in [1.82, 2.24) is 0 Å². The number of hydrogen-bond donors (Lipinski definition) is 3. The number of hydrogen-bond acceptors (Lipinski definition) is 5. The van der Waals surface area contributed by atoms with Gasteiger partial charge in [0.15, 0.2) is 0 Å². The van der Waals surface area contributed by atoms with Crippen LogP contribution in [-0.4, -0.2) is 35.5 Å². The highest BCUT2D eigenvalue weighted by Gasteiger charge is 2.17. The van der Waals surface area contributed by atoms with Crippen LogP contribution in [0.25, 0.3) is 0 Å². The van der Waals surface area contributed by atoms with E-state index in [1.54, 1.807) is 48.5 Å². The summed E-state index contributed by atoms with van der Waals surface area (Å²) < 4.78 is 10.9. The standard InChI is InChI=1S/C20H21NO6/c22-12-13-26-17-9-4-6-15(14-17)18(10-5-11-19(23)24)27-20(25)21-16-7-2-1-3-8-16/h1-9,11,14,18,22H,10,12-13H2,(H,21,25)(H,23,24)/b11-5+/t18-/m1/s1. The first kappa shape index (κ1) is 20.0. The molecule has 0 aliphatic rings. The highest BCUT2D eigenvalue weighted by Crippen LogP contribution is 2.26. The van der Waals surface area contributed by atoms with E-state index in [1.165, 1.54) is 6.08 Å². The number of carbonyl (C=O) groups excluding carboxylic acids is 1. The van der Waals surface area contributed by atoms with Gasteiger partial charge in [0.1, 0.15) is 18.5 Å². The molecule has 0 aliphatic heterocycles. The number of carboxylic acid groups (broad SMARTS) is 1. The first-order valence-corrected chi connectivity index (χ1v) is 8.34. The Kier molecular flexibility index (Phi) is 7.87. The molecule has 27 heavy (non-hydrogen) atoms. The molecule has 2 aromatic rings. The molecule has 2 aromatic carbocycles. The van der Waals surface area contributed by atoms with Gasteiger partial charge in [0.05, 0.1) is 6.61 Å². The Morgan fingerprint density at radius 2 is 1.89 bits per heavy atom. The number of aliphatic hydroxyl groups is 1. The lowest BCUT2D eigenvalue weighted by Crippen LogP contribution is -2.17. The van der Waals surface area contributed by atoms with Crippen LogP contribution in [0, 0.1) is 0 Å². The summed E-state index contributed by atoms with van der Waals surface area (Å²) in [6.45, 7) is 0.0212. The van der Waals surface area contributed by atoms with Crippen LogP contribution in [0.1, 0.15) is 18.1 Å². The number of carbonyl (C=O) groups is 2. The van der Waals surface area contributed by atoms with E-state index in [2.05, 4.69) is 5.32 Å². The van der Waals surface area contributed by atoms with Crippen molar-refractivity contribution in [2.75, 3.05) is 18.5 Å². The van der Waals surface area contributed by atoms with Gasteiger partial charge in [0.25, 0.3) is 0 Å². The average Bonchev–Trinajstić information content (AvgIpc) is 2.66. The molecule has 0 fully saturated rings. The topological polar surface area (TPSA) is 105 Å². The summed E-state index contributed by atoms with van der Waals surface area (Å²) in [5.74, 6) is -0.566. The van der Waals surface area contributed by atoms with Gasteiger partial charge in [-0.05, 0) is 29.8 Å².